The first-order valence-electron chi connectivity index (χ1n) is 7.61. The fourth-order valence-electron chi connectivity index (χ4n) is 2.53. The van der Waals surface area contributed by atoms with E-state index in [0.29, 0.717) is 31.3 Å². The molecular weight excluding hydrogens is 356 g/mol. The van der Waals surface area contributed by atoms with Crippen LogP contribution in [-0.4, -0.2) is 57.0 Å². The second-order valence-electron chi connectivity index (χ2n) is 5.57. The largest absolute Gasteiger partial charge is 0.377 e. The molecule has 2 N–H and O–H groups in total. The predicted octanol–water partition coefficient (Wildman–Crippen LogP) is 1.14. The van der Waals surface area contributed by atoms with Crippen molar-refractivity contribution < 1.29 is 18.3 Å². The molecule has 0 spiro atoms. The lowest BCUT2D eigenvalue weighted by atomic mass is 10.2. The van der Waals surface area contributed by atoms with Gasteiger partial charge in [-0.05, 0) is 24.9 Å². The van der Waals surface area contributed by atoms with Crippen LogP contribution in [0.2, 0.25) is 5.28 Å². The quantitative estimate of drug-likeness (QED) is 0.566. The molecule has 1 aromatic heterocycles. The van der Waals surface area contributed by atoms with Crippen LogP contribution in [0, 0.1) is 0 Å². The molecule has 0 aromatic carbocycles. The van der Waals surface area contributed by atoms with Crippen molar-refractivity contribution in [3.05, 3.63) is 17.0 Å². The van der Waals surface area contributed by atoms with Gasteiger partial charge >= 0.3 is 0 Å². The molecule has 3 atom stereocenters. The lowest BCUT2D eigenvalue weighted by molar-refractivity contribution is -0.118. The van der Waals surface area contributed by atoms with Gasteiger partial charge in [-0.2, -0.15) is 0 Å². The second-order valence-corrected chi connectivity index (χ2v) is 7.03. The van der Waals surface area contributed by atoms with Gasteiger partial charge < -0.3 is 19.5 Å². The van der Waals surface area contributed by atoms with Crippen molar-refractivity contribution in [1.29, 1.82) is 0 Å². The van der Waals surface area contributed by atoms with Gasteiger partial charge in [0.15, 0.2) is 11.1 Å². The van der Waals surface area contributed by atoms with Gasteiger partial charge in [-0.25, -0.2) is 14.2 Å². The molecule has 1 saturated heterocycles. The summed E-state index contributed by atoms with van der Waals surface area (Å²) in [5.74, 6) is 0.414. The molecule has 0 bridgehead atoms. The number of ether oxygens (including phenoxy) is 1. The lowest BCUT2D eigenvalue weighted by Crippen LogP contribution is -2.44. The molecule has 1 fully saturated rings. The number of amides is 1. The molecule has 1 amide bonds. The minimum absolute atomic E-state index is 0.0242. The van der Waals surface area contributed by atoms with Crippen molar-refractivity contribution in [2.45, 2.75) is 31.6 Å². The molecular formula is C14H21ClN4O4S. The predicted molar refractivity (Wildman–Crippen MR) is 91.5 cm³/mol. The Labute approximate surface area is 148 Å². The first kappa shape index (κ1) is 19.0. The highest BCUT2D eigenvalue weighted by Crippen LogP contribution is 2.27. The molecule has 1 aliphatic rings. The third kappa shape index (κ3) is 5.10. The molecule has 0 aliphatic carbocycles. The van der Waals surface area contributed by atoms with Crippen LogP contribution in [0.1, 0.15) is 31.2 Å². The number of rotatable bonds is 6. The molecule has 2 heterocycles. The van der Waals surface area contributed by atoms with E-state index in [0.717, 1.165) is 0 Å². The fourth-order valence-corrected chi connectivity index (χ4v) is 3.36. The third-order valence-corrected chi connectivity index (χ3v) is 4.85. The van der Waals surface area contributed by atoms with Crippen molar-refractivity contribution >= 4 is 34.4 Å². The van der Waals surface area contributed by atoms with E-state index in [2.05, 4.69) is 15.3 Å². The normalized spacial score (nSPS) is 20.5. The highest BCUT2D eigenvalue weighted by molar-refractivity contribution is 7.79. The Balaban J connectivity index is 2.23. The maximum absolute atomic E-state index is 11.7. The molecule has 134 valence electrons. The van der Waals surface area contributed by atoms with Crippen molar-refractivity contribution in [2.24, 2.45) is 0 Å². The van der Waals surface area contributed by atoms with Crippen LogP contribution in [0.3, 0.4) is 0 Å². The van der Waals surface area contributed by atoms with Crippen molar-refractivity contribution in [3.63, 3.8) is 0 Å². The van der Waals surface area contributed by atoms with Crippen LogP contribution in [0.5, 0.6) is 0 Å². The number of aromatic nitrogens is 2. The minimum atomic E-state index is -2.14. The molecule has 0 radical (unpaired) electrons. The monoisotopic (exact) mass is 376 g/mol. The first-order valence-corrected chi connectivity index (χ1v) is 9.16. The number of hydrogen-bond acceptors (Lipinski definition) is 6. The highest BCUT2D eigenvalue weighted by atomic mass is 35.5. The summed E-state index contributed by atoms with van der Waals surface area (Å²) in [5.41, 5.74) is 0.384. The SMILES string of the molecule is CC(=O)NCCC(c1cc(N2CCOC[C@@H]2C)nc(Cl)n1)S(=O)O. The number of carbonyl (C=O) groups excluding carboxylic acids is 1. The molecule has 2 unspecified atom stereocenters. The summed E-state index contributed by atoms with van der Waals surface area (Å²) in [6.45, 7) is 5.50. The molecule has 2 rings (SSSR count). The average molecular weight is 377 g/mol. The average Bonchev–Trinajstić information content (AvgIpc) is 2.50. The van der Waals surface area contributed by atoms with E-state index in [9.17, 15) is 13.6 Å². The van der Waals surface area contributed by atoms with E-state index < -0.39 is 16.3 Å². The molecule has 1 aromatic rings. The van der Waals surface area contributed by atoms with E-state index in [1.165, 1.54) is 6.92 Å². The molecule has 8 nitrogen and oxygen atoms in total. The van der Waals surface area contributed by atoms with Crippen molar-refractivity contribution in [1.82, 2.24) is 15.3 Å². The summed E-state index contributed by atoms with van der Waals surface area (Å²) in [5, 5.41) is 1.88. The molecule has 1 aliphatic heterocycles. The zero-order valence-electron chi connectivity index (χ0n) is 13.6. The number of nitrogens with one attached hydrogen (secondary N) is 1. The van der Waals surface area contributed by atoms with E-state index >= 15 is 0 Å². The number of morpholine rings is 1. The molecule has 24 heavy (non-hydrogen) atoms. The summed E-state index contributed by atoms with van der Waals surface area (Å²) in [6, 6.07) is 1.80. The van der Waals surface area contributed by atoms with Gasteiger partial charge in [-0.15, -0.1) is 0 Å². The molecule has 0 saturated carbocycles. The zero-order valence-corrected chi connectivity index (χ0v) is 15.1. The minimum Gasteiger partial charge on any atom is -0.377 e. The fraction of sp³-hybridized carbons (Fsp3) is 0.643. The number of hydrogen-bond donors (Lipinski definition) is 2. The van der Waals surface area contributed by atoms with Crippen LogP contribution in [0.4, 0.5) is 5.82 Å². The Morgan fingerprint density at radius 3 is 3.00 bits per heavy atom. The topological polar surface area (TPSA) is 105 Å². The Bertz CT molecular complexity index is 618. The van der Waals surface area contributed by atoms with Gasteiger partial charge in [0.05, 0.1) is 24.9 Å². The Morgan fingerprint density at radius 1 is 1.62 bits per heavy atom. The Hall–Kier alpha value is -1.29. The van der Waals surface area contributed by atoms with E-state index in [1.54, 1.807) is 6.07 Å². The van der Waals surface area contributed by atoms with Crippen LogP contribution in [0.25, 0.3) is 0 Å². The van der Waals surface area contributed by atoms with Gasteiger partial charge in [-0.3, -0.25) is 4.79 Å². The third-order valence-electron chi connectivity index (χ3n) is 3.72. The van der Waals surface area contributed by atoms with Crippen LogP contribution >= 0.6 is 11.6 Å². The summed E-state index contributed by atoms with van der Waals surface area (Å²) < 4.78 is 26.7. The van der Waals surface area contributed by atoms with Crippen molar-refractivity contribution in [3.8, 4) is 0 Å². The summed E-state index contributed by atoms with van der Waals surface area (Å²) in [4.78, 5) is 21.3. The highest BCUT2D eigenvalue weighted by Gasteiger charge is 2.25. The maximum atomic E-state index is 11.7. The van der Waals surface area contributed by atoms with Gasteiger partial charge in [0.25, 0.3) is 0 Å². The standard InChI is InChI=1S/C14H21ClN4O4S/c1-9-8-23-6-5-19(9)13-7-11(17-14(15)18-13)12(24(21)22)3-4-16-10(2)20/h7,9,12H,3-6,8H2,1-2H3,(H,16,20)(H,21,22)/t9-,12?/m0/s1. The van der Waals surface area contributed by atoms with Gasteiger partial charge in [0, 0.05) is 26.1 Å². The van der Waals surface area contributed by atoms with Gasteiger partial charge in [-0.1, -0.05) is 0 Å². The number of carbonyl (C=O) groups is 1. The van der Waals surface area contributed by atoms with Gasteiger partial charge in [0.2, 0.25) is 11.2 Å². The number of halogens is 1. The summed E-state index contributed by atoms with van der Waals surface area (Å²) in [7, 11) is 0. The first-order chi connectivity index (χ1) is 11.4. The van der Waals surface area contributed by atoms with Crippen LogP contribution in [-0.2, 0) is 20.6 Å². The van der Waals surface area contributed by atoms with Crippen LogP contribution < -0.4 is 10.2 Å². The van der Waals surface area contributed by atoms with Crippen molar-refractivity contribution in [2.75, 3.05) is 31.2 Å². The number of anilines is 1. The van der Waals surface area contributed by atoms with Gasteiger partial charge in [0.1, 0.15) is 11.1 Å². The zero-order chi connectivity index (χ0) is 17.7. The molecule has 10 heteroatoms. The Kier molecular flexibility index (Phi) is 6.90. The Morgan fingerprint density at radius 2 is 2.38 bits per heavy atom. The van der Waals surface area contributed by atoms with E-state index in [-0.39, 0.29) is 30.2 Å². The van der Waals surface area contributed by atoms with Crippen LogP contribution in [0.15, 0.2) is 6.07 Å². The number of nitrogens with zero attached hydrogens (tertiary/aromatic N) is 3. The summed E-state index contributed by atoms with van der Waals surface area (Å²) in [6.07, 6.45) is 0.272. The maximum Gasteiger partial charge on any atom is 0.224 e. The van der Waals surface area contributed by atoms with E-state index in [4.69, 9.17) is 16.3 Å². The second kappa shape index (κ2) is 8.70. The smallest absolute Gasteiger partial charge is 0.224 e. The van der Waals surface area contributed by atoms with E-state index in [1.807, 2.05) is 11.8 Å². The lowest BCUT2D eigenvalue weighted by Gasteiger charge is -2.34. The summed E-state index contributed by atoms with van der Waals surface area (Å²) >= 11 is 3.88.